The third-order valence-electron chi connectivity index (χ3n) is 3.12. The normalized spacial score (nSPS) is 19.8. The van der Waals surface area contributed by atoms with E-state index < -0.39 is 15.8 Å². The van der Waals surface area contributed by atoms with Crippen LogP contribution in [0, 0.1) is 11.7 Å². The molecule has 0 radical (unpaired) electrons. The minimum atomic E-state index is -3.69. The first-order valence-electron chi connectivity index (χ1n) is 6.09. The summed E-state index contributed by atoms with van der Waals surface area (Å²) in [4.78, 5) is -0.0550. The highest BCUT2D eigenvalue weighted by molar-refractivity contribution is 7.99. The van der Waals surface area contributed by atoms with Crippen LogP contribution in [0.25, 0.3) is 0 Å². The van der Waals surface area contributed by atoms with E-state index in [1.165, 1.54) is 12.1 Å². The van der Waals surface area contributed by atoms with Gasteiger partial charge in [-0.2, -0.15) is 11.8 Å². The molecule has 1 unspecified atom stereocenters. The van der Waals surface area contributed by atoms with Crippen LogP contribution in [0.5, 0.6) is 0 Å². The maximum Gasteiger partial charge on any atom is 0.241 e. The fourth-order valence-corrected chi connectivity index (χ4v) is 4.66. The van der Waals surface area contributed by atoms with Crippen LogP contribution < -0.4 is 10.5 Å². The predicted molar refractivity (Wildman–Crippen MR) is 74.9 cm³/mol. The molecular formula is C12H17FN2O2S2. The number of hydrogen-bond acceptors (Lipinski definition) is 4. The van der Waals surface area contributed by atoms with E-state index in [1.807, 2.05) is 11.8 Å². The molecule has 0 aliphatic carbocycles. The van der Waals surface area contributed by atoms with Crippen molar-refractivity contribution in [1.82, 2.24) is 4.72 Å². The quantitative estimate of drug-likeness (QED) is 0.860. The largest absolute Gasteiger partial charge is 0.326 e. The predicted octanol–water partition coefficient (Wildman–Crippen LogP) is 1.32. The van der Waals surface area contributed by atoms with E-state index in [0.29, 0.717) is 18.0 Å². The van der Waals surface area contributed by atoms with Crippen molar-refractivity contribution in [2.45, 2.75) is 17.9 Å². The number of hydrogen-bond donors (Lipinski definition) is 2. The first-order chi connectivity index (χ1) is 9.03. The van der Waals surface area contributed by atoms with E-state index >= 15 is 0 Å². The van der Waals surface area contributed by atoms with E-state index in [-0.39, 0.29) is 11.4 Å². The summed E-state index contributed by atoms with van der Waals surface area (Å²) in [5.74, 6) is 1.82. The van der Waals surface area contributed by atoms with Crippen LogP contribution in [-0.2, 0) is 16.6 Å². The average Bonchev–Trinajstić information content (AvgIpc) is 2.89. The van der Waals surface area contributed by atoms with E-state index in [9.17, 15) is 12.8 Å². The van der Waals surface area contributed by atoms with Gasteiger partial charge in [-0.05, 0) is 41.5 Å². The lowest BCUT2D eigenvalue weighted by Crippen LogP contribution is -2.30. The third kappa shape index (κ3) is 3.68. The Hall–Kier alpha value is -0.630. The van der Waals surface area contributed by atoms with Gasteiger partial charge in [0.15, 0.2) is 0 Å². The van der Waals surface area contributed by atoms with Crippen LogP contribution in [0.2, 0.25) is 0 Å². The lowest BCUT2D eigenvalue weighted by atomic mass is 10.1. The molecular weight excluding hydrogens is 287 g/mol. The van der Waals surface area contributed by atoms with E-state index in [2.05, 4.69) is 4.72 Å². The fourth-order valence-electron chi connectivity index (χ4n) is 2.00. The smallest absolute Gasteiger partial charge is 0.241 e. The van der Waals surface area contributed by atoms with Gasteiger partial charge < -0.3 is 5.73 Å². The summed E-state index contributed by atoms with van der Waals surface area (Å²) in [7, 11) is -3.69. The highest BCUT2D eigenvalue weighted by Crippen LogP contribution is 2.23. The third-order valence-corrected chi connectivity index (χ3v) is 5.86. The van der Waals surface area contributed by atoms with Crippen LogP contribution in [0.3, 0.4) is 0 Å². The van der Waals surface area contributed by atoms with Crippen molar-refractivity contribution in [1.29, 1.82) is 0 Å². The van der Waals surface area contributed by atoms with Gasteiger partial charge in [0.2, 0.25) is 10.0 Å². The molecule has 1 atom stereocenters. The molecule has 106 valence electrons. The molecule has 2 rings (SSSR count). The van der Waals surface area contributed by atoms with Crippen molar-refractivity contribution in [2.75, 3.05) is 18.1 Å². The fraction of sp³-hybridized carbons (Fsp3) is 0.500. The summed E-state index contributed by atoms with van der Waals surface area (Å²) in [5.41, 5.74) is 5.92. The van der Waals surface area contributed by atoms with Gasteiger partial charge in [0.05, 0.1) is 4.90 Å². The van der Waals surface area contributed by atoms with Gasteiger partial charge in [0.25, 0.3) is 0 Å². The number of sulfonamides is 1. The minimum Gasteiger partial charge on any atom is -0.326 e. The first kappa shape index (κ1) is 14.8. The molecule has 1 heterocycles. The second-order valence-electron chi connectivity index (χ2n) is 4.54. The highest BCUT2D eigenvalue weighted by atomic mass is 32.2. The molecule has 7 heteroatoms. The summed E-state index contributed by atoms with van der Waals surface area (Å²) in [6, 6.07) is 3.65. The van der Waals surface area contributed by atoms with Gasteiger partial charge >= 0.3 is 0 Å². The number of nitrogens with two attached hydrogens (primary N) is 1. The Morgan fingerprint density at radius 1 is 1.47 bits per heavy atom. The highest BCUT2D eigenvalue weighted by Gasteiger charge is 2.22. The lowest BCUT2D eigenvalue weighted by Gasteiger charge is -2.13. The topological polar surface area (TPSA) is 72.2 Å². The number of nitrogens with one attached hydrogen (secondary N) is 1. The second kappa shape index (κ2) is 6.21. The molecule has 4 nitrogen and oxygen atoms in total. The molecule has 1 aromatic rings. The van der Waals surface area contributed by atoms with Crippen LogP contribution in [0.15, 0.2) is 23.1 Å². The lowest BCUT2D eigenvalue weighted by molar-refractivity contribution is 0.543. The van der Waals surface area contributed by atoms with Crippen molar-refractivity contribution >= 4 is 21.8 Å². The Morgan fingerprint density at radius 2 is 2.26 bits per heavy atom. The maximum atomic E-state index is 13.2. The van der Waals surface area contributed by atoms with Crippen LogP contribution in [-0.4, -0.2) is 26.5 Å². The van der Waals surface area contributed by atoms with Crippen molar-refractivity contribution in [3.05, 3.63) is 29.6 Å². The Labute approximate surface area is 117 Å². The van der Waals surface area contributed by atoms with E-state index in [4.69, 9.17) is 5.73 Å². The minimum absolute atomic E-state index is 0.0550. The van der Waals surface area contributed by atoms with E-state index in [1.54, 1.807) is 0 Å². The molecule has 0 saturated carbocycles. The standard InChI is InChI=1S/C12H17FN2O2S2/c13-11-2-1-10(6-14)12(5-11)19(16,17)15-7-9-3-4-18-8-9/h1-2,5,9,15H,3-4,6-8,14H2. The summed E-state index contributed by atoms with van der Waals surface area (Å²) in [6.45, 7) is 0.464. The van der Waals surface area contributed by atoms with Crippen LogP contribution in [0.1, 0.15) is 12.0 Å². The van der Waals surface area contributed by atoms with Crippen LogP contribution >= 0.6 is 11.8 Å². The number of halogens is 1. The van der Waals surface area contributed by atoms with Gasteiger partial charge in [-0.3, -0.25) is 0 Å². The van der Waals surface area contributed by atoms with Gasteiger partial charge in [-0.15, -0.1) is 0 Å². The molecule has 0 aromatic heterocycles. The van der Waals surface area contributed by atoms with Gasteiger partial charge in [0, 0.05) is 13.1 Å². The van der Waals surface area contributed by atoms with Gasteiger partial charge in [-0.1, -0.05) is 6.07 Å². The zero-order valence-corrected chi connectivity index (χ0v) is 12.1. The number of benzene rings is 1. The summed E-state index contributed by atoms with van der Waals surface area (Å²) in [5, 5.41) is 0. The zero-order valence-electron chi connectivity index (χ0n) is 10.4. The van der Waals surface area contributed by atoms with Crippen molar-refractivity contribution < 1.29 is 12.8 Å². The van der Waals surface area contributed by atoms with Crippen LogP contribution in [0.4, 0.5) is 4.39 Å². The second-order valence-corrected chi connectivity index (χ2v) is 7.42. The summed E-state index contributed by atoms with van der Waals surface area (Å²) >= 11 is 1.82. The molecule has 0 spiro atoms. The Bertz CT molecular complexity index is 543. The molecule has 1 aliphatic heterocycles. The van der Waals surface area contributed by atoms with Gasteiger partial charge in [0.1, 0.15) is 5.82 Å². The summed E-state index contributed by atoms with van der Waals surface area (Å²) < 4.78 is 40.1. The zero-order chi connectivity index (χ0) is 13.9. The van der Waals surface area contributed by atoms with Crippen molar-refractivity contribution in [3.8, 4) is 0 Å². The molecule has 3 N–H and O–H groups in total. The molecule has 19 heavy (non-hydrogen) atoms. The molecule has 1 aromatic carbocycles. The molecule has 0 bridgehead atoms. The van der Waals surface area contributed by atoms with Crippen molar-refractivity contribution in [2.24, 2.45) is 11.7 Å². The van der Waals surface area contributed by atoms with Crippen molar-refractivity contribution in [3.63, 3.8) is 0 Å². The monoisotopic (exact) mass is 304 g/mol. The maximum absolute atomic E-state index is 13.2. The average molecular weight is 304 g/mol. The SMILES string of the molecule is NCc1ccc(F)cc1S(=O)(=O)NCC1CCSC1. The Kier molecular flexibility index (Phi) is 4.83. The molecule has 1 saturated heterocycles. The Balaban J connectivity index is 2.16. The Morgan fingerprint density at radius 3 is 2.89 bits per heavy atom. The van der Waals surface area contributed by atoms with Gasteiger partial charge in [-0.25, -0.2) is 17.5 Å². The summed E-state index contributed by atoms with van der Waals surface area (Å²) in [6.07, 6.45) is 1.01. The molecule has 1 aliphatic rings. The molecule has 1 fully saturated rings. The first-order valence-corrected chi connectivity index (χ1v) is 8.72. The number of thioether (sulfide) groups is 1. The van der Waals surface area contributed by atoms with E-state index in [0.717, 1.165) is 24.0 Å². The molecule has 0 amide bonds. The number of rotatable bonds is 5.